The second kappa shape index (κ2) is 13.0. The van der Waals surface area contributed by atoms with Gasteiger partial charge in [0.25, 0.3) is 0 Å². The summed E-state index contributed by atoms with van der Waals surface area (Å²) in [6, 6.07) is -1.62. The first-order valence-electron chi connectivity index (χ1n) is 10.2. The van der Waals surface area contributed by atoms with E-state index in [1.165, 1.54) is 0 Å². The first kappa shape index (κ1) is 28.4. The third kappa shape index (κ3) is 14.1. The molecule has 180 valence electrons. The Morgan fingerprint density at radius 2 is 1.06 bits per heavy atom. The molecule has 0 aromatic rings. The lowest BCUT2D eigenvalue weighted by Crippen LogP contribution is -2.45. The molecule has 0 heterocycles. The summed E-state index contributed by atoms with van der Waals surface area (Å²) in [5, 5.41) is 0. The lowest BCUT2D eigenvalue weighted by Gasteiger charge is -2.35. The largest absolute Gasteiger partial charge is 0.458 e. The quantitative estimate of drug-likeness (QED) is 0.0808. The van der Waals surface area contributed by atoms with Gasteiger partial charge in [-0.15, -0.1) is 0 Å². The highest BCUT2D eigenvalue weighted by atomic mass is 16.6. The first-order chi connectivity index (χ1) is 14.1. The van der Waals surface area contributed by atoms with Gasteiger partial charge in [-0.1, -0.05) is 0 Å². The molecule has 0 saturated heterocycles. The zero-order chi connectivity index (χ0) is 24.2. The minimum atomic E-state index is -0.921. The fourth-order valence-electron chi connectivity index (χ4n) is 3.07. The Morgan fingerprint density at radius 3 is 1.35 bits per heavy atom. The third-order valence-electron chi connectivity index (χ3n) is 4.15. The van der Waals surface area contributed by atoms with E-state index in [0.717, 1.165) is 0 Å². The van der Waals surface area contributed by atoms with Crippen molar-refractivity contribution >= 4 is 23.9 Å². The molecule has 31 heavy (non-hydrogen) atoms. The maximum Gasteiger partial charge on any atom is 0.323 e. The standard InChI is InChI=1S/C19H40N8O4/c1-18(2,30-14(28)12(20)7-5-9-26-16(22)23)11-19(3,4)31-15(29)13(21)8-6-10-27-17(24)25/h12-13H,5-11,20-21H2,1-4H3,(H4,22,23,26)(H4,24,25,27). The number of rotatable bonds is 14. The van der Waals surface area contributed by atoms with Crippen molar-refractivity contribution in [3.05, 3.63) is 0 Å². The van der Waals surface area contributed by atoms with Crippen LogP contribution in [0.2, 0.25) is 0 Å². The van der Waals surface area contributed by atoms with Crippen LogP contribution in [0, 0.1) is 0 Å². The van der Waals surface area contributed by atoms with Crippen molar-refractivity contribution in [2.45, 2.75) is 83.1 Å². The Bertz CT molecular complexity index is 587. The number of aliphatic imine (C=N–C) groups is 2. The molecule has 0 saturated carbocycles. The number of guanidine groups is 2. The van der Waals surface area contributed by atoms with Crippen molar-refractivity contribution in [1.29, 1.82) is 0 Å². The van der Waals surface area contributed by atoms with E-state index < -0.39 is 35.2 Å². The van der Waals surface area contributed by atoms with Crippen LogP contribution in [0.15, 0.2) is 9.98 Å². The van der Waals surface area contributed by atoms with Crippen LogP contribution in [-0.2, 0) is 19.1 Å². The topological polar surface area (TPSA) is 233 Å². The molecule has 0 aliphatic rings. The predicted octanol–water partition coefficient (Wildman–Crippen LogP) is -1.22. The van der Waals surface area contributed by atoms with Crippen LogP contribution in [0.4, 0.5) is 0 Å². The molecule has 0 spiro atoms. The molecule has 0 aromatic heterocycles. The maximum absolute atomic E-state index is 12.3. The van der Waals surface area contributed by atoms with Gasteiger partial charge in [0.15, 0.2) is 11.9 Å². The number of hydrogen-bond acceptors (Lipinski definition) is 8. The molecule has 0 amide bonds. The summed E-state index contributed by atoms with van der Waals surface area (Å²) >= 11 is 0. The first-order valence-corrected chi connectivity index (χ1v) is 10.2. The van der Waals surface area contributed by atoms with Crippen molar-refractivity contribution in [2.75, 3.05) is 13.1 Å². The summed E-state index contributed by atoms with van der Waals surface area (Å²) in [4.78, 5) is 32.3. The summed E-state index contributed by atoms with van der Waals surface area (Å²) in [5.41, 5.74) is 30.9. The van der Waals surface area contributed by atoms with E-state index >= 15 is 0 Å². The minimum absolute atomic E-state index is 0.0115. The van der Waals surface area contributed by atoms with Crippen LogP contribution < -0.4 is 34.4 Å². The van der Waals surface area contributed by atoms with Crippen molar-refractivity contribution in [3.8, 4) is 0 Å². The van der Waals surface area contributed by atoms with E-state index in [2.05, 4.69) is 9.98 Å². The zero-order valence-electron chi connectivity index (χ0n) is 19.1. The molecule has 12 nitrogen and oxygen atoms in total. The Hall–Kier alpha value is -2.60. The summed E-state index contributed by atoms with van der Waals surface area (Å²) in [6.45, 7) is 7.65. The molecule has 0 rings (SSSR count). The molecule has 0 fully saturated rings. The van der Waals surface area contributed by atoms with Crippen LogP contribution in [0.5, 0.6) is 0 Å². The van der Waals surface area contributed by atoms with Gasteiger partial charge in [0.2, 0.25) is 0 Å². The molecule has 12 N–H and O–H groups in total. The van der Waals surface area contributed by atoms with E-state index in [1.54, 1.807) is 27.7 Å². The minimum Gasteiger partial charge on any atom is -0.458 e. The van der Waals surface area contributed by atoms with Crippen LogP contribution in [0.1, 0.15) is 59.8 Å². The lowest BCUT2D eigenvalue weighted by molar-refractivity contribution is -0.172. The molecule has 0 bridgehead atoms. The number of carbonyl (C=O) groups excluding carboxylic acids is 2. The summed E-state index contributed by atoms with van der Waals surface area (Å²) in [7, 11) is 0. The summed E-state index contributed by atoms with van der Waals surface area (Å²) in [6.07, 6.45) is 2.08. The fraction of sp³-hybridized carbons (Fsp3) is 0.789. The number of nitrogens with zero attached hydrogens (tertiary/aromatic N) is 2. The molecule has 2 atom stereocenters. The zero-order valence-corrected chi connectivity index (χ0v) is 19.1. The molecule has 0 radical (unpaired) electrons. The van der Waals surface area contributed by atoms with Gasteiger partial charge in [0.1, 0.15) is 23.3 Å². The van der Waals surface area contributed by atoms with E-state index in [0.29, 0.717) is 38.8 Å². The van der Waals surface area contributed by atoms with Crippen LogP contribution >= 0.6 is 0 Å². The normalized spacial score (nSPS) is 13.6. The Labute approximate surface area is 184 Å². The van der Waals surface area contributed by atoms with Crippen molar-refractivity contribution in [2.24, 2.45) is 44.4 Å². The maximum atomic E-state index is 12.3. The van der Waals surface area contributed by atoms with Gasteiger partial charge >= 0.3 is 11.9 Å². The van der Waals surface area contributed by atoms with E-state index in [9.17, 15) is 9.59 Å². The summed E-state index contributed by atoms with van der Waals surface area (Å²) < 4.78 is 11.1. The molecule has 2 unspecified atom stereocenters. The summed E-state index contributed by atoms with van der Waals surface area (Å²) in [5.74, 6) is -1.12. The highest BCUT2D eigenvalue weighted by Crippen LogP contribution is 2.27. The molecule has 0 aliphatic heterocycles. The van der Waals surface area contributed by atoms with E-state index in [-0.39, 0.29) is 18.3 Å². The van der Waals surface area contributed by atoms with Gasteiger partial charge in [0, 0.05) is 19.5 Å². The van der Waals surface area contributed by atoms with Gasteiger partial charge < -0.3 is 43.9 Å². The molecular weight excluding hydrogens is 404 g/mol. The molecule has 12 heteroatoms. The number of hydrogen-bond donors (Lipinski definition) is 6. The van der Waals surface area contributed by atoms with Crippen molar-refractivity contribution in [1.82, 2.24) is 0 Å². The fourth-order valence-corrected chi connectivity index (χ4v) is 3.07. The monoisotopic (exact) mass is 444 g/mol. The number of nitrogens with two attached hydrogens (primary N) is 6. The molecule has 0 aliphatic carbocycles. The van der Waals surface area contributed by atoms with Gasteiger partial charge in [-0.2, -0.15) is 0 Å². The van der Waals surface area contributed by atoms with Crippen LogP contribution in [0.25, 0.3) is 0 Å². The third-order valence-corrected chi connectivity index (χ3v) is 4.15. The van der Waals surface area contributed by atoms with Crippen LogP contribution in [-0.4, -0.2) is 60.2 Å². The van der Waals surface area contributed by atoms with E-state index in [4.69, 9.17) is 43.9 Å². The van der Waals surface area contributed by atoms with Gasteiger partial charge in [-0.3, -0.25) is 19.6 Å². The van der Waals surface area contributed by atoms with Crippen molar-refractivity contribution in [3.63, 3.8) is 0 Å². The predicted molar refractivity (Wildman–Crippen MR) is 121 cm³/mol. The smallest absolute Gasteiger partial charge is 0.323 e. The molecular formula is C19H40N8O4. The molecule has 0 aromatic carbocycles. The average Bonchev–Trinajstić information content (AvgIpc) is 2.59. The average molecular weight is 445 g/mol. The second-order valence-corrected chi connectivity index (χ2v) is 8.65. The van der Waals surface area contributed by atoms with Gasteiger partial charge in [0.05, 0.1) is 0 Å². The second-order valence-electron chi connectivity index (χ2n) is 8.65. The number of carbonyl (C=O) groups is 2. The highest BCUT2D eigenvalue weighted by molar-refractivity contribution is 5.77. The number of ether oxygens (including phenoxy) is 2. The Kier molecular flexibility index (Phi) is 11.9. The SMILES string of the molecule is CC(C)(CC(C)(C)OC(=O)C(N)CCCN=C(N)N)OC(=O)C(N)CCCN=C(N)N. The van der Waals surface area contributed by atoms with Crippen LogP contribution in [0.3, 0.4) is 0 Å². The number of esters is 2. The highest BCUT2D eigenvalue weighted by Gasteiger charge is 2.36. The van der Waals surface area contributed by atoms with Gasteiger partial charge in [-0.25, -0.2) is 0 Å². The lowest BCUT2D eigenvalue weighted by atomic mass is 9.91. The van der Waals surface area contributed by atoms with E-state index in [1.807, 2.05) is 0 Å². The van der Waals surface area contributed by atoms with Crippen molar-refractivity contribution < 1.29 is 19.1 Å². The Balaban J connectivity index is 4.60. The van der Waals surface area contributed by atoms with Gasteiger partial charge in [-0.05, 0) is 53.4 Å². The Morgan fingerprint density at radius 1 is 0.742 bits per heavy atom.